The predicted octanol–water partition coefficient (Wildman–Crippen LogP) is 1.94. The average Bonchev–Trinajstić information content (AvgIpc) is 2.30. The van der Waals surface area contributed by atoms with Crippen molar-refractivity contribution in [2.24, 2.45) is 0 Å². The lowest BCUT2D eigenvalue weighted by atomic mass is 10.1. The van der Waals surface area contributed by atoms with Gasteiger partial charge in [-0.3, -0.25) is 4.98 Å². The van der Waals surface area contributed by atoms with Crippen molar-refractivity contribution in [1.29, 1.82) is 0 Å². The normalized spacial score (nSPS) is 12.6. The van der Waals surface area contributed by atoms with Crippen LogP contribution in [0.3, 0.4) is 0 Å². The zero-order valence-electron chi connectivity index (χ0n) is 10.1. The minimum atomic E-state index is 0.475. The molecule has 4 heteroatoms. The number of likely N-dealkylation sites (N-methyl/N-ethyl adjacent to an activating group) is 1. The Morgan fingerprint density at radius 3 is 3.00 bits per heavy atom. The maximum atomic E-state index is 5.90. The predicted molar refractivity (Wildman–Crippen MR) is 72.8 cm³/mol. The van der Waals surface area contributed by atoms with Gasteiger partial charge in [0, 0.05) is 29.9 Å². The molecule has 1 aromatic rings. The van der Waals surface area contributed by atoms with Crippen molar-refractivity contribution < 1.29 is 0 Å². The van der Waals surface area contributed by atoms with Crippen molar-refractivity contribution in [2.75, 3.05) is 24.3 Å². The van der Waals surface area contributed by atoms with Gasteiger partial charge in [0.25, 0.3) is 0 Å². The first kappa shape index (κ1) is 13.3. The largest absolute Gasteiger partial charge is 0.398 e. The molecule has 0 aliphatic rings. The molecule has 0 fully saturated rings. The lowest BCUT2D eigenvalue weighted by molar-refractivity contribution is 0.617. The van der Waals surface area contributed by atoms with Crippen molar-refractivity contribution >= 4 is 17.4 Å². The molecular weight excluding hydrogens is 218 g/mol. The molecule has 0 bridgehead atoms. The number of nitrogens with two attached hydrogens (primary N) is 1. The van der Waals surface area contributed by atoms with E-state index in [4.69, 9.17) is 5.73 Å². The number of hydrogen-bond donors (Lipinski definition) is 2. The summed E-state index contributed by atoms with van der Waals surface area (Å²) in [6.07, 6.45) is 5.78. The smallest absolute Gasteiger partial charge is 0.0378 e. The molecule has 0 aromatic carbocycles. The van der Waals surface area contributed by atoms with Gasteiger partial charge in [0.05, 0.1) is 0 Å². The second-order valence-electron chi connectivity index (χ2n) is 3.84. The van der Waals surface area contributed by atoms with Gasteiger partial charge in [-0.2, -0.15) is 11.8 Å². The Bertz CT molecular complexity index is 304. The van der Waals surface area contributed by atoms with Crippen molar-refractivity contribution in [2.45, 2.75) is 25.8 Å². The lowest BCUT2D eigenvalue weighted by Gasteiger charge is -2.16. The van der Waals surface area contributed by atoms with E-state index >= 15 is 0 Å². The van der Waals surface area contributed by atoms with Crippen LogP contribution < -0.4 is 11.1 Å². The van der Waals surface area contributed by atoms with Gasteiger partial charge in [0.1, 0.15) is 0 Å². The summed E-state index contributed by atoms with van der Waals surface area (Å²) in [5.41, 5.74) is 7.88. The molecule has 0 radical (unpaired) electrons. The fraction of sp³-hybridized carbons (Fsp3) is 0.583. The summed E-state index contributed by atoms with van der Waals surface area (Å²) in [6.45, 7) is 2.21. The summed E-state index contributed by atoms with van der Waals surface area (Å²) in [4.78, 5) is 4.11. The van der Waals surface area contributed by atoms with Gasteiger partial charge in [-0.1, -0.05) is 6.92 Å². The number of pyridine rings is 1. The van der Waals surface area contributed by atoms with Gasteiger partial charge in [0.2, 0.25) is 0 Å². The number of rotatable bonds is 7. The molecular formula is C12H21N3S. The monoisotopic (exact) mass is 239 g/mol. The Morgan fingerprint density at radius 2 is 2.38 bits per heavy atom. The van der Waals surface area contributed by atoms with E-state index in [-0.39, 0.29) is 0 Å². The van der Waals surface area contributed by atoms with Crippen LogP contribution in [-0.4, -0.2) is 29.6 Å². The third-order valence-electron chi connectivity index (χ3n) is 2.48. The van der Waals surface area contributed by atoms with Crippen LogP contribution in [-0.2, 0) is 6.42 Å². The highest BCUT2D eigenvalue weighted by Gasteiger charge is 2.09. The van der Waals surface area contributed by atoms with E-state index in [1.807, 2.05) is 31.1 Å². The molecule has 0 saturated carbocycles. The number of nitrogen functional groups attached to an aromatic ring is 1. The van der Waals surface area contributed by atoms with Gasteiger partial charge in [-0.15, -0.1) is 0 Å². The van der Waals surface area contributed by atoms with Crippen LogP contribution in [0.4, 0.5) is 5.69 Å². The first-order chi connectivity index (χ1) is 7.77. The Labute approximate surface area is 102 Å². The number of thioether (sulfide) groups is 1. The molecule has 0 aliphatic heterocycles. The molecule has 90 valence electrons. The van der Waals surface area contributed by atoms with Crippen LogP contribution in [0.5, 0.6) is 0 Å². The minimum Gasteiger partial charge on any atom is -0.398 e. The van der Waals surface area contributed by atoms with E-state index in [9.17, 15) is 0 Å². The SMILES string of the molecule is CCCSCC(Cc1cnccc1N)NC. The second kappa shape index (κ2) is 7.52. The van der Waals surface area contributed by atoms with Gasteiger partial charge in [-0.05, 0) is 37.3 Å². The summed E-state index contributed by atoms with van der Waals surface area (Å²) in [5, 5.41) is 3.33. The quantitative estimate of drug-likeness (QED) is 0.714. The van der Waals surface area contributed by atoms with E-state index in [0.717, 1.165) is 23.4 Å². The van der Waals surface area contributed by atoms with Crippen LogP contribution in [0.15, 0.2) is 18.5 Å². The molecule has 1 atom stereocenters. The first-order valence-electron chi connectivity index (χ1n) is 5.71. The fourth-order valence-electron chi connectivity index (χ4n) is 1.49. The van der Waals surface area contributed by atoms with Crippen LogP contribution in [0.25, 0.3) is 0 Å². The third-order valence-corrected chi connectivity index (χ3v) is 3.82. The molecule has 1 rings (SSSR count). The fourth-order valence-corrected chi connectivity index (χ4v) is 2.51. The van der Waals surface area contributed by atoms with E-state index in [2.05, 4.69) is 17.2 Å². The number of nitrogens with one attached hydrogen (secondary N) is 1. The molecule has 1 heterocycles. The zero-order valence-corrected chi connectivity index (χ0v) is 10.9. The summed E-state index contributed by atoms with van der Waals surface area (Å²) < 4.78 is 0. The van der Waals surface area contributed by atoms with Gasteiger partial charge in [0.15, 0.2) is 0 Å². The Kier molecular flexibility index (Phi) is 6.26. The van der Waals surface area contributed by atoms with Crippen LogP contribution in [0.2, 0.25) is 0 Å². The van der Waals surface area contributed by atoms with E-state index in [0.29, 0.717) is 6.04 Å². The van der Waals surface area contributed by atoms with Gasteiger partial charge < -0.3 is 11.1 Å². The summed E-state index contributed by atoms with van der Waals surface area (Å²) in [7, 11) is 2.00. The van der Waals surface area contributed by atoms with Crippen molar-refractivity contribution in [3.05, 3.63) is 24.0 Å². The van der Waals surface area contributed by atoms with Crippen molar-refractivity contribution in [3.63, 3.8) is 0 Å². The van der Waals surface area contributed by atoms with Crippen LogP contribution >= 0.6 is 11.8 Å². The third kappa shape index (κ3) is 4.41. The molecule has 3 N–H and O–H groups in total. The topological polar surface area (TPSA) is 50.9 Å². The zero-order chi connectivity index (χ0) is 11.8. The molecule has 0 spiro atoms. The maximum Gasteiger partial charge on any atom is 0.0378 e. The molecule has 1 unspecified atom stereocenters. The van der Waals surface area contributed by atoms with E-state index in [1.54, 1.807) is 6.20 Å². The van der Waals surface area contributed by atoms with E-state index < -0.39 is 0 Å². The summed E-state index contributed by atoms with van der Waals surface area (Å²) in [5.74, 6) is 2.35. The number of hydrogen-bond acceptors (Lipinski definition) is 4. The standard InChI is InChI=1S/C12H21N3S/c1-3-6-16-9-11(14-2)7-10-8-15-5-4-12(10)13/h4-5,8,11,14H,3,6-7,9H2,1-2H3,(H2,13,15). The molecule has 1 aromatic heterocycles. The van der Waals surface area contributed by atoms with Crippen LogP contribution in [0.1, 0.15) is 18.9 Å². The number of nitrogens with zero attached hydrogens (tertiary/aromatic N) is 1. The molecule has 0 saturated heterocycles. The van der Waals surface area contributed by atoms with E-state index in [1.165, 1.54) is 12.2 Å². The second-order valence-corrected chi connectivity index (χ2v) is 4.99. The van der Waals surface area contributed by atoms with Crippen LogP contribution in [0, 0.1) is 0 Å². The molecule has 0 amide bonds. The number of aromatic nitrogens is 1. The highest BCUT2D eigenvalue weighted by atomic mass is 32.2. The Balaban J connectivity index is 2.46. The molecule has 0 aliphatic carbocycles. The molecule has 3 nitrogen and oxygen atoms in total. The first-order valence-corrected chi connectivity index (χ1v) is 6.86. The Hall–Kier alpha value is -0.740. The number of anilines is 1. The highest BCUT2D eigenvalue weighted by molar-refractivity contribution is 7.99. The van der Waals surface area contributed by atoms with Crippen molar-refractivity contribution in [1.82, 2.24) is 10.3 Å². The average molecular weight is 239 g/mol. The summed E-state index contributed by atoms with van der Waals surface area (Å²) in [6, 6.07) is 2.34. The maximum absolute atomic E-state index is 5.90. The lowest BCUT2D eigenvalue weighted by Crippen LogP contribution is -2.30. The highest BCUT2D eigenvalue weighted by Crippen LogP contribution is 2.14. The minimum absolute atomic E-state index is 0.475. The van der Waals surface area contributed by atoms with Gasteiger partial charge in [-0.25, -0.2) is 0 Å². The van der Waals surface area contributed by atoms with Crippen molar-refractivity contribution in [3.8, 4) is 0 Å². The molecule has 16 heavy (non-hydrogen) atoms. The Morgan fingerprint density at radius 1 is 1.56 bits per heavy atom. The van der Waals surface area contributed by atoms with Gasteiger partial charge >= 0.3 is 0 Å². The summed E-state index contributed by atoms with van der Waals surface area (Å²) >= 11 is 1.99.